The maximum atomic E-state index is 10.7. The van der Waals surface area contributed by atoms with E-state index in [1.807, 2.05) is 24.3 Å². The van der Waals surface area contributed by atoms with E-state index in [9.17, 15) is 10.1 Å². The van der Waals surface area contributed by atoms with Crippen LogP contribution in [0.1, 0.15) is 10.9 Å². The number of hydrogen-bond acceptors (Lipinski definition) is 2. The van der Waals surface area contributed by atoms with Crippen molar-refractivity contribution < 1.29 is 4.92 Å². The fourth-order valence-corrected chi connectivity index (χ4v) is 3.49. The third kappa shape index (κ3) is 2.61. The fourth-order valence-electron chi connectivity index (χ4n) is 2.46. The van der Waals surface area contributed by atoms with E-state index in [2.05, 4.69) is 28.1 Å². The van der Waals surface area contributed by atoms with Gasteiger partial charge in [0, 0.05) is 12.1 Å². The Labute approximate surface area is 134 Å². The molecule has 1 unspecified atom stereocenters. The molecule has 0 saturated carbocycles. The zero-order valence-corrected chi connectivity index (χ0v) is 13.2. The second kappa shape index (κ2) is 5.28. The Morgan fingerprint density at radius 2 is 1.57 bits per heavy atom. The van der Waals surface area contributed by atoms with Crippen molar-refractivity contribution in [3.05, 3.63) is 74.6 Å². The van der Waals surface area contributed by atoms with Crippen molar-refractivity contribution >= 4 is 45.4 Å². The molecule has 0 aliphatic heterocycles. The highest BCUT2D eigenvalue weighted by atomic mass is 79.9. The Hall–Kier alpha value is -1.65. The summed E-state index contributed by atoms with van der Waals surface area (Å²) in [6, 6.07) is 14.4. The molecular weight excluding hydrogens is 354 g/mol. The maximum absolute atomic E-state index is 10.7. The van der Waals surface area contributed by atoms with Gasteiger partial charge in [0.05, 0.1) is 14.6 Å². The van der Waals surface area contributed by atoms with Crippen molar-refractivity contribution in [3.63, 3.8) is 0 Å². The first kappa shape index (κ1) is 14.3. The molecule has 0 N–H and O–H groups in total. The van der Waals surface area contributed by atoms with Gasteiger partial charge in [-0.25, -0.2) is 0 Å². The Kier molecular flexibility index (Phi) is 3.59. The van der Waals surface area contributed by atoms with Crippen molar-refractivity contribution in [1.82, 2.24) is 0 Å². The SMILES string of the molecule is O=[N+]([O-])c1ccc(C(Cl)C2(Br)C=c3ccccc3=C2)cc1. The van der Waals surface area contributed by atoms with Crippen molar-refractivity contribution in [2.75, 3.05) is 0 Å². The van der Waals surface area contributed by atoms with Crippen LogP contribution in [0.25, 0.3) is 12.2 Å². The van der Waals surface area contributed by atoms with Gasteiger partial charge in [0.25, 0.3) is 5.69 Å². The fraction of sp³-hybridized carbons (Fsp3) is 0.125. The van der Waals surface area contributed by atoms with Crippen LogP contribution in [0.2, 0.25) is 0 Å². The molecule has 1 atom stereocenters. The molecule has 21 heavy (non-hydrogen) atoms. The largest absolute Gasteiger partial charge is 0.269 e. The number of rotatable bonds is 3. The summed E-state index contributed by atoms with van der Waals surface area (Å²) in [5.74, 6) is 0. The van der Waals surface area contributed by atoms with Gasteiger partial charge in [0.1, 0.15) is 0 Å². The molecule has 0 heterocycles. The zero-order valence-electron chi connectivity index (χ0n) is 10.9. The molecule has 0 saturated heterocycles. The highest BCUT2D eigenvalue weighted by Gasteiger charge is 2.34. The molecule has 0 spiro atoms. The number of fused-ring (bicyclic) bond motifs is 1. The highest BCUT2D eigenvalue weighted by Crippen LogP contribution is 2.43. The standard InChI is InChI=1S/C16H11BrClNO2/c17-16(9-12-3-1-2-4-13(12)10-16)15(18)11-5-7-14(8-6-11)19(20)21/h1-10,15H. The predicted octanol–water partition coefficient (Wildman–Crippen LogP) is 3.28. The summed E-state index contributed by atoms with van der Waals surface area (Å²) in [6.45, 7) is 0. The molecule has 3 rings (SSSR count). The van der Waals surface area contributed by atoms with E-state index in [0.29, 0.717) is 0 Å². The number of non-ortho nitro benzene ring substituents is 1. The van der Waals surface area contributed by atoms with Crippen LogP contribution in [0.15, 0.2) is 48.5 Å². The van der Waals surface area contributed by atoms with E-state index in [-0.39, 0.29) is 11.1 Å². The van der Waals surface area contributed by atoms with Crippen LogP contribution >= 0.6 is 27.5 Å². The molecule has 106 valence electrons. The number of hydrogen-bond donors (Lipinski definition) is 0. The summed E-state index contributed by atoms with van der Waals surface area (Å²) in [5, 5.41) is 12.6. The molecule has 5 heteroatoms. The average molecular weight is 365 g/mol. The normalized spacial score (nSPS) is 16.5. The highest BCUT2D eigenvalue weighted by molar-refractivity contribution is 9.10. The van der Waals surface area contributed by atoms with E-state index in [0.717, 1.165) is 16.0 Å². The summed E-state index contributed by atoms with van der Waals surface area (Å²) in [5.41, 5.74) is 0.897. The first-order valence-electron chi connectivity index (χ1n) is 6.38. The van der Waals surface area contributed by atoms with Gasteiger partial charge in [-0.05, 0) is 16.0 Å². The Bertz CT molecular complexity index is 782. The minimum atomic E-state index is -0.492. The third-order valence-electron chi connectivity index (χ3n) is 3.53. The van der Waals surface area contributed by atoms with Crippen molar-refractivity contribution in [1.29, 1.82) is 0 Å². The monoisotopic (exact) mass is 363 g/mol. The number of nitro benzene ring substituents is 1. The summed E-state index contributed by atoms with van der Waals surface area (Å²) in [7, 11) is 0. The van der Waals surface area contributed by atoms with Crippen LogP contribution in [0.5, 0.6) is 0 Å². The number of halogens is 2. The lowest BCUT2D eigenvalue weighted by molar-refractivity contribution is -0.384. The topological polar surface area (TPSA) is 43.1 Å². The van der Waals surface area contributed by atoms with Gasteiger partial charge in [-0.15, -0.1) is 11.6 Å². The molecule has 2 aromatic rings. The van der Waals surface area contributed by atoms with Crippen LogP contribution in [0.3, 0.4) is 0 Å². The van der Waals surface area contributed by atoms with Gasteiger partial charge in [-0.3, -0.25) is 10.1 Å². The van der Waals surface area contributed by atoms with E-state index < -0.39 is 9.25 Å². The molecule has 0 aromatic heterocycles. The lowest BCUT2D eigenvalue weighted by Gasteiger charge is -2.24. The van der Waals surface area contributed by atoms with Crippen LogP contribution in [0, 0.1) is 10.1 Å². The molecule has 1 aliphatic carbocycles. The average Bonchev–Trinajstić information content (AvgIpc) is 2.84. The molecule has 0 radical (unpaired) electrons. The van der Waals surface area contributed by atoms with E-state index >= 15 is 0 Å². The van der Waals surface area contributed by atoms with E-state index in [4.69, 9.17) is 11.6 Å². The second-order valence-corrected chi connectivity index (χ2v) is 6.77. The molecular formula is C16H11BrClNO2. The third-order valence-corrected chi connectivity index (χ3v) is 5.33. The summed E-state index contributed by atoms with van der Waals surface area (Å²) in [6.07, 6.45) is 4.14. The van der Waals surface area contributed by atoms with Crippen LogP contribution in [-0.4, -0.2) is 9.25 Å². The van der Waals surface area contributed by atoms with Gasteiger partial charge in [0.15, 0.2) is 0 Å². The first-order valence-corrected chi connectivity index (χ1v) is 7.61. The van der Waals surface area contributed by atoms with Crippen LogP contribution in [0.4, 0.5) is 5.69 Å². The summed E-state index contributed by atoms with van der Waals surface area (Å²) >= 11 is 10.3. The van der Waals surface area contributed by atoms with E-state index in [1.54, 1.807) is 12.1 Å². The zero-order chi connectivity index (χ0) is 15.0. The number of nitro groups is 1. The minimum absolute atomic E-state index is 0.0638. The molecule has 0 amide bonds. The Morgan fingerprint density at radius 1 is 1.05 bits per heavy atom. The van der Waals surface area contributed by atoms with Crippen molar-refractivity contribution in [2.45, 2.75) is 9.70 Å². The molecule has 0 bridgehead atoms. The quantitative estimate of drug-likeness (QED) is 0.476. The summed E-state index contributed by atoms with van der Waals surface area (Å²) in [4.78, 5) is 10.3. The molecule has 2 aromatic carbocycles. The minimum Gasteiger partial charge on any atom is -0.258 e. The smallest absolute Gasteiger partial charge is 0.258 e. The molecule has 3 nitrogen and oxygen atoms in total. The van der Waals surface area contributed by atoms with E-state index in [1.165, 1.54) is 12.1 Å². The lowest BCUT2D eigenvalue weighted by atomic mass is 9.99. The molecule has 0 fully saturated rings. The summed E-state index contributed by atoms with van der Waals surface area (Å²) < 4.78 is -0.492. The van der Waals surface area contributed by atoms with Gasteiger partial charge in [0.2, 0.25) is 0 Å². The predicted molar refractivity (Wildman–Crippen MR) is 88.0 cm³/mol. The maximum Gasteiger partial charge on any atom is 0.269 e. The first-order chi connectivity index (χ1) is 9.99. The molecule has 1 aliphatic rings. The van der Waals surface area contributed by atoms with Gasteiger partial charge < -0.3 is 0 Å². The number of nitrogens with zero attached hydrogens (tertiary/aromatic N) is 1. The van der Waals surface area contributed by atoms with Gasteiger partial charge in [-0.1, -0.05) is 64.5 Å². The Morgan fingerprint density at radius 3 is 2.05 bits per heavy atom. The van der Waals surface area contributed by atoms with Crippen molar-refractivity contribution in [3.8, 4) is 0 Å². The second-order valence-electron chi connectivity index (χ2n) is 4.96. The number of alkyl halides is 2. The van der Waals surface area contributed by atoms with Crippen molar-refractivity contribution in [2.24, 2.45) is 0 Å². The lowest BCUT2D eigenvalue weighted by Crippen LogP contribution is -2.19. The van der Waals surface area contributed by atoms with Crippen LogP contribution in [-0.2, 0) is 0 Å². The van der Waals surface area contributed by atoms with Crippen LogP contribution < -0.4 is 10.4 Å². The van der Waals surface area contributed by atoms with Gasteiger partial charge >= 0.3 is 0 Å². The Balaban J connectivity index is 1.97. The van der Waals surface area contributed by atoms with Gasteiger partial charge in [-0.2, -0.15) is 0 Å². The number of benzene rings is 2.